The number of rotatable bonds is 4. The maximum atomic E-state index is 12.5. The number of piperidine rings is 1. The Hall–Kier alpha value is -1.62. The Morgan fingerprint density at radius 3 is 2.54 bits per heavy atom. The molecule has 26 heavy (non-hydrogen) atoms. The van der Waals surface area contributed by atoms with Crippen LogP contribution in [0, 0.1) is 19.8 Å². The van der Waals surface area contributed by atoms with E-state index >= 15 is 0 Å². The Morgan fingerprint density at radius 1 is 1.15 bits per heavy atom. The summed E-state index contributed by atoms with van der Waals surface area (Å²) >= 11 is 1.65. The van der Waals surface area contributed by atoms with Crippen molar-refractivity contribution in [1.82, 2.24) is 9.88 Å². The lowest BCUT2D eigenvalue weighted by Crippen LogP contribution is -2.42. The Kier molecular flexibility index (Phi) is 5.16. The van der Waals surface area contributed by atoms with Crippen LogP contribution >= 0.6 is 11.3 Å². The molecule has 1 aliphatic heterocycles. The van der Waals surface area contributed by atoms with Gasteiger partial charge in [-0.15, -0.1) is 0 Å². The molecule has 2 heterocycles. The largest absolute Gasteiger partial charge is 0.467 e. The van der Waals surface area contributed by atoms with E-state index in [4.69, 9.17) is 9.72 Å². The molecule has 0 atom stereocenters. The lowest BCUT2D eigenvalue weighted by molar-refractivity contribution is -0.133. The van der Waals surface area contributed by atoms with Gasteiger partial charge < -0.3 is 9.64 Å². The summed E-state index contributed by atoms with van der Waals surface area (Å²) in [6, 6.07) is 4.27. The molecule has 1 aromatic heterocycles. The zero-order valence-corrected chi connectivity index (χ0v) is 16.6. The summed E-state index contributed by atoms with van der Waals surface area (Å²) in [5, 5.41) is 0.771. The number of thiazole rings is 1. The highest BCUT2D eigenvalue weighted by atomic mass is 32.1. The van der Waals surface area contributed by atoms with Gasteiger partial charge in [-0.05, 0) is 43.7 Å². The van der Waals surface area contributed by atoms with E-state index in [0.29, 0.717) is 11.8 Å². The second-order valence-corrected chi connectivity index (χ2v) is 8.87. The molecular weight excluding hydrogens is 344 g/mol. The van der Waals surface area contributed by atoms with Gasteiger partial charge in [-0.1, -0.05) is 36.3 Å². The van der Waals surface area contributed by atoms with Crippen LogP contribution < -0.4 is 4.74 Å². The number of aromatic nitrogens is 1. The molecule has 4 rings (SSSR count). The molecule has 2 aromatic rings. The zero-order valence-electron chi connectivity index (χ0n) is 15.8. The zero-order chi connectivity index (χ0) is 18.1. The molecule has 1 aliphatic carbocycles. The fourth-order valence-corrected chi connectivity index (χ4v) is 5.27. The molecule has 0 bridgehead atoms. The molecule has 2 fully saturated rings. The highest BCUT2D eigenvalue weighted by Crippen LogP contribution is 2.34. The molecule has 1 aromatic carbocycles. The maximum Gasteiger partial charge on any atom is 0.274 e. The van der Waals surface area contributed by atoms with E-state index in [1.54, 1.807) is 11.3 Å². The van der Waals surface area contributed by atoms with Gasteiger partial charge in [0, 0.05) is 32.4 Å². The van der Waals surface area contributed by atoms with Gasteiger partial charge in [-0.2, -0.15) is 0 Å². The topological polar surface area (TPSA) is 42.4 Å². The Balaban J connectivity index is 1.33. The van der Waals surface area contributed by atoms with Crippen molar-refractivity contribution in [3.63, 3.8) is 0 Å². The molecule has 0 radical (unpaired) electrons. The van der Waals surface area contributed by atoms with Crippen LogP contribution in [0.2, 0.25) is 0 Å². The van der Waals surface area contributed by atoms with Crippen LogP contribution in [-0.4, -0.2) is 35.0 Å². The fourth-order valence-electron chi connectivity index (χ4n) is 4.25. The highest BCUT2D eigenvalue weighted by molar-refractivity contribution is 7.20. The van der Waals surface area contributed by atoms with Crippen molar-refractivity contribution < 1.29 is 9.53 Å². The van der Waals surface area contributed by atoms with Crippen molar-refractivity contribution in [2.24, 2.45) is 5.92 Å². The minimum absolute atomic E-state index is 0.173. The van der Waals surface area contributed by atoms with Gasteiger partial charge >= 0.3 is 0 Å². The summed E-state index contributed by atoms with van der Waals surface area (Å²) in [5.74, 6) is 0.979. The number of hydrogen-bond acceptors (Lipinski definition) is 4. The molecule has 1 saturated heterocycles. The predicted octanol–water partition coefficient (Wildman–Crippen LogP) is 4.86. The molecule has 0 N–H and O–H groups in total. The van der Waals surface area contributed by atoms with Crippen molar-refractivity contribution in [2.75, 3.05) is 13.1 Å². The van der Waals surface area contributed by atoms with E-state index in [1.807, 2.05) is 4.90 Å². The normalized spacial score (nSPS) is 19.4. The van der Waals surface area contributed by atoms with Crippen molar-refractivity contribution >= 4 is 27.5 Å². The lowest BCUT2D eigenvalue weighted by atomic mass is 10.0. The monoisotopic (exact) mass is 372 g/mol. The minimum Gasteiger partial charge on any atom is -0.467 e. The molecule has 0 unspecified atom stereocenters. The van der Waals surface area contributed by atoms with Gasteiger partial charge in [0.2, 0.25) is 5.91 Å². The summed E-state index contributed by atoms with van der Waals surface area (Å²) in [6.45, 7) is 5.86. The van der Waals surface area contributed by atoms with E-state index in [2.05, 4.69) is 26.0 Å². The van der Waals surface area contributed by atoms with E-state index in [1.165, 1.54) is 41.5 Å². The van der Waals surface area contributed by atoms with Crippen molar-refractivity contribution in [2.45, 2.75) is 64.9 Å². The quantitative estimate of drug-likeness (QED) is 0.769. The molecule has 4 nitrogen and oxygen atoms in total. The summed E-state index contributed by atoms with van der Waals surface area (Å²) in [4.78, 5) is 19.2. The smallest absolute Gasteiger partial charge is 0.274 e. The van der Waals surface area contributed by atoms with Crippen LogP contribution in [-0.2, 0) is 4.79 Å². The van der Waals surface area contributed by atoms with Crippen molar-refractivity contribution in [3.05, 3.63) is 23.3 Å². The number of aryl methyl sites for hydroxylation is 2. The number of hydrogen-bond donors (Lipinski definition) is 0. The third-order valence-corrected chi connectivity index (χ3v) is 7.00. The van der Waals surface area contributed by atoms with Gasteiger partial charge in [0.15, 0.2) is 0 Å². The summed E-state index contributed by atoms with van der Waals surface area (Å²) in [7, 11) is 0. The third kappa shape index (κ3) is 3.73. The van der Waals surface area contributed by atoms with Gasteiger partial charge in [0.05, 0.1) is 10.2 Å². The van der Waals surface area contributed by atoms with Gasteiger partial charge in [0.1, 0.15) is 6.10 Å². The maximum absolute atomic E-state index is 12.5. The van der Waals surface area contributed by atoms with E-state index in [-0.39, 0.29) is 6.10 Å². The standard InChI is InChI=1S/C21H28N2O2S/c1-14-7-8-15(2)20-19(14)22-21(26-20)25-17-9-11-23(12-10-17)18(24)13-16-5-3-4-6-16/h7-8,16-17H,3-6,9-13H2,1-2H3. The SMILES string of the molecule is Cc1ccc(C)c2sc(OC3CCN(C(=O)CC4CCCC4)CC3)nc12. The first-order valence-electron chi connectivity index (χ1n) is 9.91. The first-order chi connectivity index (χ1) is 12.6. The van der Waals surface area contributed by atoms with Crippen molar-refractivity contribution in [1.29, 1.82) is 0 Å². The Bertz CT molecular complexity index is 748. The van der Waals surface area contributed by atoms with Gasteiger partial charge in [-0.25, -0.2) is 4.98 Å². The first kappa shape index (κ1) is 17.8. The number of nitrogens with zero attached hydrogens (tertiary/aromatic N) is 2. The van der Waals surface area contributed by atoms with Crippen molar-refractivity contribution in [3.8, 4) is 5.19 Å². The second kappa shape index (κ2) is 7.55. The summed E-state index contributed by atoms with van der Waals surface area (Å²) < 4.78 is 7.41. The Labute approximate surface area is 159 Å². The number of fused-ring (bicyclic) bond motifs is 1. The molecule has 5 heteroatoms. The van der Waals surface area contributed by atoms with Crippen LogP contribution in [0.4, 0.5) is 0 Å². The number of ether oxygens (including phenoxy) is 1. The van der Waals surface area contributed by atoms with Crippen LogP contribution in [0.1, 0.15) is 56.1 Å². The minimum atomic E-state index is 0.173. The van der Waals surface area contributed by atoms with Crippen LogP contribution in [0.15, 0.2) is 12.1 Å². The van der Waals surface area contributed by atoms with E-state index < -0.39 is 0 Å². The van der Waals surface area contributed by atoms with Gasteiger partial charge in [-0.3, -0.25) is 4.79 Å². The van der Waals surface area contributed by atoms with Crippen LogP contribution in [0.25, 0.3) is 10.2 Å². The first-order valence-corrected chi connectivity index (χ1v) is 10.7. The fraction of sp³-hybridized carbons (Fsp3) is 0.619. The van der Waals surface area contributed by atoms with Crippen LogP contribution in [0.5, 0.6) is 5.19 Å². The van der Waals surface area contributed by atoms with Gasteiger partial charge in [0.25, 0.3) is 5.19 Å². The lowest BCUT2D eigenvalue weighted by Gasteiger charge is -2.32. The van der Waals surface area contributed by atoms with E-state index in [9.17, 15) is 4.79 Å². The number of amides is 1. The molecule has 2 aliphatic rings. The molecule has 140 valence electrons. The molecule has 1 saturated carbocycles. The average Bonchev–Trinajstić information content (AvgIpc) is 3.29. The second-order valence-electron chi connectivity index (χ2n) is 7.91. The number of benzene rings is 1. The molecule has 0 spiro atoms. The van der Waals surface area contributed by atoms with Crippen LogP contribution in [0.3, 0.4) is 0 Å². The third-order valence-electron chi connectivity index (χ3n) is 5.92. The number of carbonyl (C=O) groups excluding carboxylic acids is 1. The molecule has 1 amide bonds. The number of likely N-dealkylation sites (tertiary alicyclic amines) is 1. The number of carbonyl (C=O) groups is 1. The highest BCUT2D eigenvalue weighted by Gasteiger charge is 2.27. The predicted molar refractivity (Wildman–Crippen MR) is 106 cm³/mol. The summed E-state index contributed by atoms with van der Waals surface area (Å²) in [5.41, 5.74) is 3.52. The van der Waals surface area contributed by atoms with E-state index in [0.717, 1.165) is 43.1 Å². The Morgan fingerprint density at radius 2 is 1.85 bits per heavy atom. The summed E-state index contributed by atoms with van der Waals surface area (Å²) in [6.07, 6.45) is 7.82. The average molecular weight is 373 g/mol. The molecular formula is C21H28N2O2S.